The number of rotatable bonds is 54. The third kappa shape index (κ3) is 40.9. The van der Waals surface area contributed by atoms with Gasteiger partial charge in [0, 0.05) is 18.2 Å². The lowest BCUT2D eigenvalue weighted by molar-refractivity contribution is -0.138. The van der Waals surface area contributed by atoms with E-state index in [4.69, 9.17) is 14.2 Å². The number of hydrogen-bond donors (Lipinski definition) is 0. The Balaban J connectivity index is 2.65. The summed E-state index contributed by atoms with van der Waals surface area (Å²) in [5.74, 6) is -1.77. The first-order chi connectivity index (χ1) is 36.8. The Morgan fingerprint density at radius 2 is 0.467 bits per heavy atom. The van der Waals surface area contributed by atoms with Crippen LogP contribution in [0.2, 0.25) is 0 Å². The van der Waals surface area contributed by atoms with E-state index in [-0.39, 0.29) is 39.5 Å². The van der Waals surface area contributed by atoms with Crippen LogP contribution in [0.25, 0.3) is 0 Å². The maximum absolute atomic E-state index is 13.6. The van der Waals surface area contributed by atoms with Gasteiger partial charge in [0.25, 0.3) is 0 Å². The highest BCUT2D eigenvalue weighted by atomic mass is 16.5. The van der Waals surface area contributed by atoms with Gasteiger partial charge in [0.05, 0.1) is 19.6 Å². The van der Waals surface area contributed by atoms with E-state index < -0.39 is 35.0 Å². The number of carbonyl (C=O) groups excluding carboxylic acids is 3. The molecule has 0 spiro atoms. The second-order valence-electron chi connectivity index (χ2n) is 21.1. The number of nitrogens with zero attached hydrogens (tertiary/aromatic N) is 3. The van der Waals surface area contributed by atoms with E-state index in [9.17, 15) is 28.8 Å². The number of hydrogen-bond acceptors (Lipinski definition) is 9. The number of aromatic nitrogens is 3. The lowest BCUT2D eigenvalue weighted by Crippen LogP contribution is -2.55. The minimum atomic E-state index is -0.919. The first kappa shape index (κ1) is 69.1. The van der Waals surface area contributed by atoms with Crippen LogP contribution in [0.1, 0.15) is 290 Å². The highest BCUT2D eigenvalue weighted by Crippen LogP contribution is 2.16. The van der Waals surface area contributed by atoms with Gasteiger partial charge >= 0.3 is 35.0 Å². The Morgan fingerprint density at radius 1 is 0.293 bits per heavy atom. The van der Waals surface area contributed by atoms with Gasteiger partial charge in [-0.1, -0.05) is 270 Å². The molecular weight excluding hydrogens is 943 g/mol. The van der Waals surface area contributed by atoms with Crippen molar-refractivity contribution < 1.29 is 28.6 Å². The maximum Gasteiger partial charge on any atom is 0.336 e. The van der Waals surface area contributed by atoms with E-state index >= 15 is 0 Å². The topological polar surface area (TPSA) is 145 Å². The van der Waals surface area contributed by atoms with Crippen LogP contribution in [-0.4, -0.2) is 51.4 Å². The Labute approximate surface area is 456 Å². The number of carbonyl (C=O) groups is 3. The Hall–Kier alpha value is -3.96. The van der Waals surface area contributed by atoms with Gasteiger partial charge in [0.1, 0.15) is 19.8 Å². The molecule has 0 aromatic carbocycles. The molecule has 0 saturated heterocycles. The molecular formula is C63H111N3O9. The molecule has 432 valence electrons. The summed E-state index contributed by atoms with van der Waals surface area (Å²) in [5, 5.41) is 0. The minimum Gasteiger partial charge on any atom is -0.461 e. The number of allylic oxidation sites excluding steroid dienone is 3. The molecule has 0 fully saturated rings. The van der Waals surface area contributed by atoms with Crippen molar-refractivity contribution >= 4 is 17.9 Å². The van der Waals surface area contributed by atoms with Crippen LogP contribution in [0.4, 0.5) is 0 Å². The SMILES string of the molecule is CCCCCCCCCCCCCCC/C=C/C(=O)OCCn1c(=O)n(CCOC(=O)/C=C/CCCCCCCCCCCCCCC)c(=O)n(CCOC(=O)/C=C/CCCCCCCCCCCCCCC)c1=O. The van der Waals surface area contributed by atoms with Crippen LogP contribution in [0.5, 0.6) is 0 Å². The van der Waals surface area contributed by atoms with Crippen LogP contribution < -0.4 is 17.1 Å². The van der Waals surface area contributed by atoms with E-state index in [1.54, 1.807) is 18.2 Å². The monoisotopic (exact) mass is 1050 g/mol. The van der Waals surface area contributed by atoms with Crippen LogP contribution in [0, 0.1) is 0 Å². The second-order valence-corrected chi connectivity index (χ2v) is 21.1. The number of ether oxygens (including phenoxy) is 3. The predicted molar refractivity (Wildman–Crippen MR) is 310 cm³/mol. The van der Waals surface area contributed by atoms with Gasteiger partial charge in [-0.2, -0.15) is 0 Å². The molecule has 0 radical (unpaired) electrons. The van der Waals surface area contributed by atoms with Gasteiger partial charge < -0.3 is 14.2 Å². The van der Waals surface area contributed by atoms with Gasteiger partial charge in [0.2, 0.25) is 0 Å². The summed E-state index contributed by atoms with van der Waals surface area (Å²) in [4.78, 5) is 78.4. The Bertz CT molecular complexity index is 1570. The van der Waals surface area contributed by atoms with Gasteiger partial charge in [0.15, 0.2) is 0 Å². The van der Waals surface area contributed by atoms with Gasteiger partial charge in [-0.05, 0) is 38.5 Å². The molecule has 0 N–H and O–H groups in total. The van der Waals surface area contributed by atoms with Crippen LogP contribution >= 0.6 is 0 Å². The zero-order valence-electron chi connectivity index (χ0n) is 48.4. The summed E-state index contributed by atoms with van der Waals surface area (Å²) in [5.41, 5.74) is -2.76. The molecule has 0 unspecified atom stereocenters. The van der Waals surface area contributed by atoms with Crippen molar-refractivity contribution in [2.24, 2.45) is 0 Å². The molecule has 1 aromatic heterocycles. The van der Waals surface area contributed by atoms with E-state index in [2.05, 4.69) is 20.8 Å². The first-order valence-electron chi connectivity index (χ1n) is 31.2. The molecule has 0 atom stereocenters. The molecule has 0 amide bonds. The molecule has 0 saturated carbocycles. The molecule has 1 rings (SSSR count). The van der Waals surface area contributed by atoms with Crippen molar-refractivity contribution in [2.45, 2.75) is 310 Å². The van der Waals surface area contributed by atoms with Crippen molar-refractivity contribution in [2.75, 3.05) is 19.8 Å². The van der Waals surface area contributed by atoms with Gasteiger partial charge in [-0.3, -0.25) is 0 Å². The highest BCUT2D eigenvalue weighted by molar-refractivity contribution is 5.82. The Kier molecular flexibility index (Phi) is 48.0. The molecule has 75 heavy (non-hydrogen) atoms. The normalized spacial score (nSPS) is 11.7. The summed E-state index contributed by atoms with van der Waals surface area (Å²) >= 11 is 0. The molecule has 0 aliphatic carbocycles. The smallest absolute Gasteiger partial charge is 0.336 e. The average Bonchev–Trinajstić information content (AvgIpc) is 3.40. The molecule has 0 aliphatic rings. The molecule has 1 aromatic rings. The van der Waals surface area contributed by atoms with Gasteiger partial charge in [-0.25, -0.2) is 42.5 Å². The Morgan fingerprint density at radius 3 is 0.653 bits per heavy atom. The predicted octanol–water partition coefficient (Wildman–Crippen LogP) is 15.9. The zero-order valence-corrected chi connectivity index (χ0v) is 48.4. The fourth-order valence-electron chi connectivity index (χ4n) is 9.49. The molecule has 12 heteroatoms. The summed E-state index contributed by atoms with van der Waals surface area (Å²) in [6.45, 7) is 4.98. The first-order valence-corrected chi connectivity index (χ1v) is 31.2. The van der Waals surface area contributed by atoms with Crippen molar-refractivity contribution in [3.63, 3.8) is 0 Å². The maximum atomic E-state index is 13.6. The quantitative estimate of drug-likeness (QED) is 0.0269. The van der Waals surface area contributed by atoms with Crippen molar-refractivity contribution in [1.29, 1.82) is 0 Å². The summed E-state index contributed by atoms with van der Waals surface area (Å²) in [7, 11) is 0. The van der Waals surface area contributed by atoms with E-state index in [0.717, 1.165) is 71.5 Å². The largest absolute Gasteiger partial charge is 0.461 e. The summed E-state index contributed by atoms with van der Waals surface area (Å²) in [6, 6.07) is 0. The van der Waals surface area contributed by atoms with Crippen LogP contribution in [-0.2, 0) is 48.2 Å². The lowest BCUT2D eigenvalue weighted by Gasteiger charge is -2.14. The third-order valence-corrected chi connectivity index (χ3v) is 14.2. The molecule has 1 heterocycles. The molecule has 12 nitrogen and oxygen atoms in total. The number of esters is 3. The van der Waals surface area contributed by atoms with Crippen LogP contribution in [0.15, 0.2) is 50.8 Å². The minimum absolute atomic E-state index is 0.284. The molecule has 0 bridgehead atoms. The van der Waals surface area contributed by atoms with Crippen molar-refractivity contribution in [1.82, 2.24) is 13.7 Å². The number of unbranched alkanes of at least 4 members (excludes halogenated alkanes) is 39. The van der Waals surface area contributed by atoms with E-state index in [1.165, 1.54) is 230 Å². The highest BCUT2D eigenvalue weighted by Gasteiger charge is 2.17. The summed E-state index contributed by atoms with van der Waals surface area (Å²) in [6.07, 6.45) is 61.2. The zero-order chi connectivity index (χ0) is 54.5. The molecule has 0 aliphatic heterocycles. The van der Waals surface area contributed by atoms with Gasteiger partial charge in [-0.15, -0.1) is 0 Å². The lowest BCUT2D eigenvalue weighted by atomic mass is 10.0. The fourth-order valence-corrected chi connectivity index (χ4v) is 9.49. The van der Waals surface area contributed by atoms with E-state index in [0.29, 0.717) is 0 Å². The fraction of sp³-hybridized carbons (Fsp3) is 0.810. The second kappa shape index (κ2) is 52.1. The summed E-state index contributed by atoms with van der Waals surface area (Å²) < 4.78 is 18.5. The van der Waals surface area contributed by atoms with Crippen LogP contribution in [0.3, 0.4) is 0 Å². The third-order valence-electron chi connectivity index (χ3n) is 14.2. The standard InChI is InChI=1S/C63H111N3O9/c1-4-7-10-13-16-19-22-25-28-31-34-37-40-43-46-49-58(67)73-55-52-64-61(70)65(53-56-74-59(68)50-47-44-41-38-35-32-29-26-23-20-17-14-11-8-5-2)63(72)66(62(64)71)54-57-75-60(69)51-48-45-42-39-36-33-30-27-24-21-18-15-12-9-6-3/h46-51H,4-45,52-57H2,1-3H3/b49-46+,50-47+,51-48+. The van der Waals surface area contributed by atoms with Crippen molar-refractivity contribution in [3.05, 3.63) is 67.9 Å². The van der Waals surface area contributed by atoms with E-state index in [1.807, 2.05) is 0 Å². The van der Waals surface area contributed by atoms with Crippen molar-refractivity contribution in [3.8, 4) is 0 Å². The average molecular weight is 1050 g/mol.